The fourth-order valence-electron chi connectivity index (χ4n) is 2.44. The molecular formula is C16H23Cl2FN2O3. The van der Waals surface area contributed by atoms with Crippen molar-refractivity contribution in [3.8, 4) is 0 Å². The van der Waals surface area contributed by atoms with E-state index in [0.717, 1.165) is 6.54 Å². The second-order valence-electron chi connectivity index (χ2n) is 5.47. The lowest BCUT2D eigenvalue weighted by Gasteiger charge is -2.28. The van der Waals surface area contributed by atoms with Crippen molar-refractivity contribution in [1.82, 2.24) is 10.2 Å². The number of rotatable bonds is 7. The van der Waals surface area contributed by atoms with Crippen LogP contribution in [-0.2, 0) is 20.8 Å². The van der Waals surface area contributed by atoms with Crippen LogP contribution in [0.3, 0.4) is 0 Å². The van der Waals surface area contributed by atoms with Gasteiger partial charge in [-0.3, -0.25) is 4.79 Å². The van der Waals surface area contributed by atoms with Gasteiger partial charge in [0, 0.05) is 44.2 Å². The monoisotopic (exact) mass is 380 g/mol. The summed E-state index contributed by atoms with van der Waals surface area (Å²) >= 11 is 6.06. The van der Waals surface area contributed by atoms with Gasteiger partial charge in [0.05, 0.1) is 19.8 Å². The number of carbonyl (C=O) groups is 1. The summed E-state index contributed by atoms with van der Waals surface area (Å²) in [6.07, 6.45) is 0.350. The summed E-state index contributed by atoms with van der Waals surface area (Å²) in [5.41, 5.74) is 0.713. The first-order valence-electron chi connectivity index (χ1n) is 7.62. The van der Waals surface area contributed by atoms with Gasteiger partial charge in [-0.1, -0.05) is 17.7 Å². The van der Waals surface area contributed by atoms with Gasteiger partial charge in [0.15, 0.2) is 0 Å². The predicted octanol–water partition coefficient (Wildman–Crippen LogP) is 2.25. The van der Waals surface area contributed by atoms with Crippen molar-refractivity contribution in [2.24, 2.45) is 0 Å². The highest BCUT2D eigenvalue weighted by molar-refractivity contribution is 6.31. The van der Waals surface area contributed by atoms with E-state index in [1.54, 1.807) is 18.1 Å². The summed E-state index contributed by atoms with van der Waals surface area (Å²) < 4.78 is 23.6. The van der Waals surface area contributed by atoms with Crippen molar-refractivity contribution in [3.63, 3.8) is 0 Å². The minimum atomic E-state index is -0.392. The summed E-state index contributed by atoms with van der Waals surface area (Å²) in [7, 11) is 1.59. The molecular weight excluding hydrogens is 358 g/mol. The largest absolute Gasteiger partial charge is 0.383 e. The van der Waals surface area contributed by atoms with E-state index in [2.05, 4.69) is 5.32 Å². The van der Waals surface area contributed by atoms with Crippen LogP contribution in [0.1, 0.15) is 12.0 Å². The number of nitrogens with zero attached hydrogens (tertiary/aromatic N) is 1. The fraction of sp³-hybridized carbons (Fsp3) is 0.562. The first kappa shape index (κ1) is 21.1. The maximum absolute atomic E-state index is 13.1. The van der Waals surface area contributed by atoms with Gasteiger partial charge in [0.25, 0.3) is 0 Å². The van der Waals surface area contributed by atoms with Crippen LogP contribution in [0.25, 0.3) is 0 Å². The van der Waals surface area contributed by atoms with Gasteiger partial charge in [-0.2, -0.15) is 0 Å². The minimum Gasteiger partial charge on any atom is -0.383 e. The molecule has 0 bridgehead atoms. The molecule has 1 unspecified atom stereocenters. The van der Waals surface area contributed by atoms with Gasteiger partial charge in [0.2, 0.25) is 5.91 Å². The molecule has 1 heterocycles. The van der Waals surface area contributed by atoms with E-state index in [0.29, 0.717) is 49.9 Å². The van der Waals surface area contributed by atoms with Crippen LogP contribution < -0.4 is 5.32 Å². The number of hydrogen-bond donors (Lipinski definition) is 1. The number of halogens is 3. The summed E-state index contributed by atoms with van der Waals surface area (Å²) in [6, 6.07) is 4.22. The zero-order valence-electron chi connectivity index (χ0n) is 13.6. The third-order valence-corrected chi connectivity index (χ3v) is 4.07. The van der Waals surface area contributed by atoms with E-state index in [1.165, 1.54) is 12.1 Å². The van der Waals surface area contributed by atoms with Crippen LogP contribution in [0.15, 0.2) is 18.2 Å². The average Bonchev–Trinajstić information content (AvgIpc) is 2.54. The molecule has 1 amide bonds. The van der Waals surface area contributed by atoms with Gasteiger partial charge in [-0.15, -0.1) is 12.4 Å². The summed E-state index contributed by atoms with van der Waals surface area (Å²) in [4.78, 5) is 14.2. The molecule has 1 N–H and O–H groups in total. The van der Waals surface area contributed by atoms with Crippen LogP contribution in [0.5, 0.6) is 0 Å². The van der Waals surface area contributed by atoms with Crippen molar-refractivity contribution in [3.05, 3.63) is 34.6 Å². The van der Waals surface area contributed by atoms with Crippen LogP contribution in [0.4, 0.5) is 4.39 Å². The van der Waals surface area contributed by atoms with Crippen molar-refractivity contribution < 1.29 is 18.7 Å². The normalized spacial score (nSPS) is 17.2. The van der Waals surface area contributed by atoms with E-state index in [-0.39, 0.29) is 24.4 Å². The summed E-state index contributed by atoms with van der Waals surface area (Å²) in [6.45, 7) is 3.16. The maximum Gasteiger partial charge on any atom is 0.224 e. The lowest BCUT2D eigenvalue weighted by molar-refractivity contribution is -0.133. The molecule has 136 valence electrons. The quantitative estimate of drug-likeness (QED) is 0.787. The topological polar surface area (TPSA) is 50.8 Å². The second-order valence-corrected chi connectivity index (χ2v) is 5.88. The van der Waals surface area contributed by atoms with Gasteiger partial charge >= 0.3 is 0 Å². The number of carbonyl (C=O) groups excluding carboxylic acids is 1. The van der Waals surface area contributed by atoms with Gasteiger partial charge < -0.3 is 19.7 Å². The summed E-state index contributed by atoms with van der Waals surface area (Å²) in [5.74, 6) is -0.400. The number of ether oxygens (including phenoxy) is 2. The highest BCUT2D eigenvalue weighted by atomic mass is 35.5. The molecule has 2 rings (SSSR count). The minimum absolute atomic E-state index is 0. The highest BCUT2D eigenvalue weighted by Crippen LogP contribution is 2.19. The van der Waals surface area contributed by atoms with Crippen LogP contribution in [-0.4, -0.2) is 56.9 Å². The number of hydrogen-bond acceptors (Lipinski definition) is 4. The SMILES string of the molecule is COCCN(Cc1ccc(F)cc1Cl)C(=O)CC1COCCN1.Cl. The Bertz CT molecular complexity index is 528. The Morgan fingerprint density at radius 2 is 2.33 bits per heavy atom. The Morgan fingerprint density at radius 1 is 1.54 bits per heavy atom. The average molecular weight is 381 g/mol. The van der Waals surface area contributed by atoms with E-state index in [9.17, 15) is 9.18 Å². The Labute approximate surface area is 152 Å². The van der Waals surface area contributed by atoms with E-state index >= 15 is 0 Å². The third-order valence-electron chi connectivity index (χ3n) is 3.71. The molecule has 1 saturated heterocycles. The molecule has 8 heteroatoms. The number of benzene rings is 1. The van der Waals surface area contributed by atoms with Crippen molar-refractivity contribution in [2.45, 2.75) is 19.0 Å². The Hall–Kier alpha value is -0.920. The molecule has 1 aromatic rings. The zero-order chi connectivity index (χ0) is 16.7. The molecule has 0 saturated carbocycles. The predicted molar refractivity (Wildman–Crippen MR) is 93.2 cm³/mol. The van der Waals surface area contributed by atoms with Crippen LogP contribution in [0, 0.1) is 5.82 Å². The van der Waals surface area contributed by atoms with Crippen LogP contribution in [0.2, 0.25) is 5.02 Å². The van der Waals surface area contributed by atoms with Crippen LogP contribution >= 0.6 is 24.0 Å². The molecule has 0 aromatic heterocycles. The first-order valence-corrected chi connectivity index (χ1v) is 7.99. The number of methoxy groups -OCH3 is 1. The molecule has 1 aromatic carbocycles. The first-order chi connectivity index (χ1) is 11.1. The van der Waals surface area contributed by atoms with E-state index in [4.69, 9.17) is 21.1 Å². The maximum atomic E-state index is 13.1. The van der Waals surface area contributed by atoms with Gasteiger partial charge in [0.1, 0.15) is 5.82 Å². The third kappa shape index (κ3) is 6.53. The van der Waals surface area contributed by atoms with Crippen molar-refractivity contribution in [1.29, 1.82) is 0 Å². The Morgan fingerprint density at radius 3 is 2.96 bits per heavy atom. The lowest BCUT2D eigenvalue weighted by Crippen LogP contribution is -2.45. The second kappa shape index (κ2) is 10.8. The van der Waals surface area contributed by atoms with Gasteiger partial charge in [-0.05, 0) is 17.7 Å². The van der Waals surface area contributed by atoms with Gasteiger partial charge in [-0.25, -0.2) is 4.39 Å². The van der Waals surface area contributed by atoms with E-state index < -0.39 is 5.82 Å². The molecule has 1 fully saturated rings. The molecule has 0 spiro atoms. The Kier molecular flexibility index (Phi) is 9.54. The number of nitrogens with one attached hydrogen (secondary N) is 1. The van der Waals surface area contributed by atoms with Crippen molar-refractivity contribution in [2.75, 3.05) is 40.0 Å². The number of amides is 1. The molecule has 0 aliphatic carbocycles. The zero-order valence-corrected chi connectivity index (χ0v) is 15.2. The molecule has 1 aliphatic rings. The number of morpholine rings is 1. The summed E-state index contributed by atoms with van der Waals surface area (Å²) in [5, 5.41) is 3.58. The molecule has 5 nitrogen and oxygen atoms in total. The molecule has 24 heavy (non-hydrogen) atoms. The molecule has 1 aliphatic heterocycles. The molecule has 0 radical (unpaired) electrons. The van der Waals surface area contributed by atoms with E-state index in [1.807, 2.05) is 0 Å². The van der Waals surface area contributed by atoms with Crippen molar-refractivity contribution >= 4 is 29.9 Å². The standard InChI is InChI=1S/C16H22ClFN2O3.ClH/c1-22-7-5-20(10-12-2-3-13(18)8-15(12)17)16(21)9-14-11-23-6-4-19-14;/h2-3,8,14,19H,4-7,9-11H2,1H3;1H. The lowest BCUT2D eigenvalue weighted by atomic mass is 10.1. The highest BCUT2D eigenvalue weighted by Gasteiger charge is 2.21. The smallest absolute Gasteiger partial charge is 0.224 e. The fourth-order valence-corrected chi connectivity index (χ4v) is 2.67. The molecule has 1 atom stereocenters. The Balaban J connectivity index is 0.00000288.